The van der Waals surface area contributed by atoms with Gasteiger partial charge in [0.1, 0.15) is 5.78 Å². The van der Waals surface area contributed by atoms with Crippen LogP contribution < -0.4 is 0 Å². The molecule has 1 aliphatic rings. The Hall–Kier alpha value is -0.380. The van der Waals surface area contributed by atoms with Crippen LogP contribution in [0.5, 0.6) is 0 Å². The molecule has 0 heterocycles. The highest BCUT2D eigenvalue weighted by atomic mass is 32.2. The molecule has 0 saturated heterocycles. The van der Waals surface area contributed by atoms with Gasteiger partial charge in [-0.15, -0.1) is 0 Å². The van der Waals surface area contributed by atoms with Crippen molar-refractivity contribution in [1.29, 1.82) is 0 Å². The van der Waals surface area contributed by atoms with Gasteiger partial charge in [-0.25, -0.2) is 8.42 Å². The highest BCUT2D eigenvalue weighted by Crippen LogP contribution is 2.32. The van der Waals surface area contributed by atoms with E-state index in [-0.39, 0.29) is 23.4 Å². The number of Topliss-reactive ketones (excluding diaryl/α,β-unsaturated/α-hetero) is 1. The van der Waals surface area contributed by atoms with Crippen molar-refractivity contribution >= 4 is 15.6 Å². The molecule has 0 bridgehead atoms. The standard InChI is InChI=1S/C13H24O3S/c1-10(14)12-7-5-11(6-8-12)9-17(15,16)13(2,3)4/h11-12H,5-9H2,1-4H3. The van der Waals surface area contributed by atoms with Crippen molar-refractivity contribution in [2.45, 2.75) is 58.1 Å². The minimum Gasteiger partial charge on any atom is -0.300 e. The lowest BCUT2D eigenvalue weighted by Gasteiger charge is -2.29. The van der Waals surface area contributed by atoms with E-state index in [2.05, 4.69) is 0 Å². The van der Waals surface area contributed by atoms with E-state index in [1.54, 1.807) is 27.7 Å². The van der Waals surface area contributed by atoms with Gasteiger partial charge in [-0.3, -0.25) is 4.79 Å². The van der Waals surface area contributed by atoms with E-state index in [9.17, 15) is 13.2 Å². The topological polar surface area (TPSA) is 51.2 Å². The average Bonchev–Trinajstić information content (AvgIpc) is 2.16. The third-order valence-corrected chi connectivity index (χ3v) is 6.59. The maximum Gasteiger partial charge on any atom is 0.155 e. The number of ketones is 1. The Labute approximate surface area is 105 Å². The van der Waals surface area contributed by atoms with E-state index in [0.29, 0.717) is 0 Å². The summed E-state index contributed by atoms with van der Waals surface area (Å²) >= 11 is 0. The summed E-state index contributed by atoms with van der Waals surface area (Å²) in [6, 6.07) is 0. The average molecular weight is 260 g/mol. The Morgan fingerprint density at radius 3 is 1.94 bits per heavy atom. The molecule has 1 aliphatic carbocycles. The van der Waals surface area contributed by atoms with Crippen LogP contribution in [-0.2, 0) is 14.6 Å². The molecule has 0 amide bonds. The maximum atomic E-state index is 12.1. The van der Waals surface area contributed by atoms with Gasteiger partial charge in [0.2, 0.25) is 0 Å². The third kappa shape index (κ3) is 3.80. The molecule has 100 valence electrons. The predicted octanol–water partition coefficient (Wildman–Crippen LogP) is 2.60. The van der Waals surface area contributed by atoms with Crippen LogP contribution in [0.4, 0.5) is 0 Å². The lowest BCUT2D eigenvalue weighted by Crippen LogP contribution is -2.34. The third-order valence-electron chi connectivity index (χ3n) is 3.81. The van der Waals surface area contributed by atoms with E-state index >= 15 is 0 Å². The van der Waals surface area contributed by atoms with E-state index in [0.717, 1.165) is 25.7 Å². The zero-order valence-electron chi connectivity index (χ0n) is 11.3. The fourth-order valence-corrected chi connectivity index (χ4v) is 3.75. The van der Waals surface area contributed by atoms with Crippen LogP contribution in [0.2, 0.25) is 0 Å². The SMILES string of the molecule is CC(=O)C1CCC(CS(=O)(=O)C(C)(C)C)CC1. The summed E-state index contributed by atoms with van der Waals surface area (Å²) < 4.78 is 23.5. The molecule has 1 fully saturated rings. The molecule has 0 aromatic rings. The summed E-state index contributed by atoms with van der Waals surface area (Å²) in [6.07, 6.45) is 3.47. The number of carbonyl (C=O) groups is 1. The fourth-order valence-electron chi connectivity index (χ4n) is 2.30. The number of carbonyl (C=O) groups excluding carboxylic acids is 1. The first kappa shape index (κ1) is 14.7. The lowest BCUT2D eigenvalue weighted by atomic mass is 9.81. The van der Waals surface area contributed by atoms with Gasteiger partial charge in [-0.05, 0) is 59.3 Å². The normalized spacial score (nSPS) is 26.8. The van der Waals surface area contributed by atoms with E-state index < -0.39 is 14.6 Å². The second-order valence-corrected chi connectivity index (χ2v) is 9.01. The lowest BCUT2D eigenvalue weighted by molar-refractivity contribution is -0.121. The molecule has 0 radical (unpaired) electrons. The number of sulfone groups is 1. The predicted molar refractivity (Wildman–Crippen MR) is 69.7 cm³/mol. The van der Waals surface area contributed by atoms with Crippen LogP contribution in [0, 0.1) is 11.8 Å². The van der Waals surface area contributed by atoms with Crippen LogP contribution in [-0.4, -0.2) is 24.7 Å². The Kier molecular flexibility index (Phi) is 4.39. The summed E-state index contributed by atoms with van der Waals surface area (Å²) in [4.78, 5) is 11.2. The van der Waals surface area contributed by atoms with Crippen LogP contribution in [0.25, 0.3) is 0 Å². The molecule has 0 aromatic carbocycles. The van der Waals surface area contributed by atoms with E-state index in [4.69, 9.17) is 0 Å². The maximum absolute atomic E-state index is 12.1. The summed E-state index contributed by atoms with van der Waals surface area (Å²) in [6.45, 7) is 6.90. The van der Waals surface area contributed by atoms with Crippen molar-refractivity contribution < 1.29 is 13.2 Å². The van der Waals surface area contributed by atoms with Crippen molar-refractivity contribution in [2.75, 3.05) is 5.75 Å². The van der Waals surface area contributed by atoms with Gasteiger partial charge >= 0.3 is 0 Å². The fraction of sp³-hybridized carbons (Fsp3) is 0.923. The minimum absolute atomic E-state index is 0.170. The van der Waals surface area contributed by atoms with Crippen molar-refractivity contribution in [3.8, 4) is 0 Å². The Bertz CT molecular complexity index is 368. The van der Waals surface area contributed by atoms with Gasteiger partial charge in [-0.1, -0.05) is 0 Å². The highest BCUT2D eigenvalue weighted by Gasteiger charge is 2.33. The van der Waals surface area contributed by atoms with Gasteiger partial charge < -0.3 is 0 Å². The molecule has 1 rings (SSSR count). The van der Waals surface area contributed by atoms with Gasteiger partial charge in [0, 0.05) is 5.92 Å². The zero-order chi connectivity index (χ0) is 13.3. The quantitative estimate of drug-likeness (QED) is 0.783. The zero-order valence-corrected chi connectivity index (χ0v) is 12.1. The van der Waals surface area contributed by atoms with Crippen LogP contribution in [0.3, 0.4) is 0 Å². The molecular formula is C13H24O3S. The molecule has 0 aromatic heterocycles. The van der Waals surface area contributed by atoms with Gasteiger partial charge in [-0.2, -0.15) is 0 Å². The van der Waals surface area contributed by atoms with Gasteiger partial charge in [0.15, 0.2) is 9.84 Å². The summed E-state index contributed by atoms with van der Waals surface area (Å²) in [5, 5.41) is 0. The smallest absolute Gasteiger partial charge is 0.155 e. The highest BCUT2D eigenvalue weighted by molar-refractivity contribution is 7.92. The van der Waals surface area contributed by atoms with Gasteiger partial charge in [0.25, 0.3) is 0 Å². The molecule has 1 saturated carbocycles. The molecule has 0 atom stereocenters. The summed E-state index contributed by atoms with van der Waals surface area (Å²) in [7, 11) is -3.02. The van der Waals surface area contributed by atoms with Crippen LogP contribution in [0.15, 0.2) is 0 Å². The van der Waals surface area contributed by atoms with Crippen molar-refractivity contribution in [3.05, 3.63) is 0 Å². The first-order chi connectivity index (χ1) is 7.63. The number of hydrogen-bond acceptors (Lipinski definition) is 3. The van der Waals surface area contributed by atoms with Crippen LogP contribution in [0.1, 0.15) is 53.4 Å². The van der Waals surface area contributed by atoms with E-state index in [1.807, 2.05) is 0 Å². The molecule has 0 spiro atoms. The molecule has 3 nitrogen and oxygen atoms in total. The second-order valence-electron chi connectivity index (χ2n) is 6.22. The largest absolute Gasteiger partial charge is 0.300 e. The summed E-state index contributed by atoms with van der Waals surface area (Å²) in [5.41, 5.74) is 0. The first-order valence-electron chi connectivity index (χ1n) is 6.36. The Balaban J connectivity index is 2.55. The molecule has 17 heavy (non-hydrogen) atoms. The summed E-state index contributed by atoms with van der Waals surface area (Å²) in [5.74, 6) is 0.946. The first-order valence-corrected chi connectivity index (χ1v) is 8.01. The van der Waals surface area contributed by atoms with Crippen molar-refractivity contribution in [1.82, 2.24) is 0 Å². The van der Waals surface area contributed by atoms with E-state index in [1.165, 1.54) is 0 Å². The number of rotatable bonds is 3. The van der Waals surface area contributed by atoms with Crippen molar-refractivity contribution in [2.24, 2.45) is 11.8 Å². The molecule has 0 N–H and O–H groups in total. The molecule has 0 aliphatic heterocycles. The molecule has 0 unspecified atom stereocenters. The van der Waals surface area contributed by atoms with Gasteiger partial charge in [0.05, 0.1) is 10.5 Å². The van der Waals surface area contributed by atoms with Crippen molar-refractivity contribution in [3.63, 3.8) is 0 Å². The minimum atomic E-state index is -3.02. The number of hydrogen-bond donors (Lipinski definition) is 0. The Morgan fingerprint density at radius 1 is 1.12 bits per heavy atom. The monoisotopic (exact) mass is 260 g/mol. The molecule has 4 heteroatoms. The van der Waals surface area contributed by atoms with Crippen LogP contribution >= 0.6 is 0 Å². The molecular weight excluding hydrogens is 236 g/mol. The second kappa shape index (κ2) is 5.09. The Morgan fingerprint density at radius 2 is 1.59 bits per heavy atom.